The smallest absolute Gasteiger partial charge is 0.105 e. The van der Waals surface area contributed by atoms with Crippen LogP contribution in [0.5, 0.6) is 0 Å². The third-order valence-electron chi connectivity index (χ3n) is 3.12. The molecule has 0 aromatic heterocycles. The minimum absolute atomic E-state index is 0.333. The Kier molecular flexibility index (Phi) is 2.57. The van der Waals surface area contributed by atoms with Gasteiger partial charge in [-0.15, -0.1) is 0 Å². The minimum Gasteiger partial charge on any atom is -0.379 e. The minimum atomic E-state index is -0.349. The van der Waals surface area contributed by atoms with Crippen molar-refractivity contribution in [3.63, 3.8) is 0 Å². The Morgan fingerprint density at radius 2 is 2.14 bits per heavy atom. The Labute approximate surface area is 85.2 Å². The van der Waals surface area contributed by atoms with Crippen molar-refractivity contribution < 1.29 is 5.11 Å². The molecule has 2 heteroatoms. The maximum Gasteiger partial charge on any atom is 0.105 e. The maximum absolute atomic E-state index is 9.60. The van der Waals surface area contributed by atoms with Crippen LogP contribution in [0.15, 0.2) is 24.3 Å². The predicted octanol–water partition coefficient (Wildman–Crippen LogP) is 1.94. The summed E-state index contributed by atoms with van der Waals surface area (Å²) >= 11 is 0. The van der Waals surface area contributed by atoms with Crippen molar-refractivity contribution in [3.8, 4) is 0 Å². The van der Waals surface area contributed by atoms with Crippen molar-refractivity contribution in [1.29, 1.82) is 0 Å². The average Bonchev–Trinajstić information content (AvgIpc) is 2.18. The van der Waals surface area contributed by atoms with Crippen molar-refractivity contribution in [1.82, 2.24) is 4.90 Å². The van der Waals surface area contributed by atoms with E-state index in [9.17, 15) is 5.11 Å². The third-order valence-corrected chi connectivity index (χ3v) is 3.12. The van der Waals surface area contributed by atoms with E-state index in [1.54, 1.807) is 0 Å². The van der Waals surface area contributed by atoms with Gasteiger partial charge in [-0.05, 0) is 31.4 Å². The van der Waals surface area contributed by atoms with Crippen molar-refractivity contribution in [2.45, 2.75) is 32.5 Å². The molecule has 2 atom stereocenters. The largest absolute Gasteiger partial charge is 0.379 e. The summed E-state index contributed by atoms with van der Waals surface area (Å²) < 4.78 is 0. The highest BCUT2D eigenvalue weighted by atomic mass is 16.3. The molecule has 2 rings (SSSR count). The molecule has 1 aliphatic rings. The van der Waals surface area contributed by atoms with E-state index in [4.69, 9.17) is 0 Å². The van der Waals surface area contributed by atoms with Gasteiger partial charge in [0.15, 0.2) is 0 Å². The van der Waals surface area contributed by atoms with E-state index in [1.807, 2.05) is 6.92 Å². The van der Waals surface area contributed by atoms with E-state index < -0.39 is 0 Å². The second kappa shape index (κ2) is 3.71. The zero-order valence-corrected chi connectivity index (χ0v) is 8.77. The van der Waals surface area contributed by atoms with Gasteiger partial charge in [0, 0.05) is 12.6 Å². The van der Waals surface area contributed by atoms with Crippen molar-refractivity contribution in [2.24, 2.45) is 0 Å². The van der Waals surface area contributed by atoms with Gasteiger partial charge >= 0.3 is 0 Å². The Hall–Kier alpha value is -0.860. The van der Waals surface area contributed by atoms with Gasteiger partial charge in [-0.2, -0.15) is 0 Å². The van der Waals surface area contributed by atoms with Gasteiger partial charge in [0.2, 0.25) is 0 Å². The summed E-state index contributed by atoms with van der Waals surface area (Å²) in [4.78, 5) is 2.13. The van der Waals surface area contributed by atoms with Crippen LogP contribution in [0.4, 0.5) is 0 Å². The van der Waals surface area contributed by atoms with E-state index in [0.717, 1.165) is 13.0 Å². The second-order valence-corrected chi connectivity index (χ2v) is 3.99. The lowest BCUT2D eigenvalue weighted by Crippen LogP contribution is -2.40. The zero-order valence-electron chi connectivity index (χ0n) is 8.77. The SMILES string of the molecule is CC(O)N1CCc2ccccc2[C@H]1C. The molecule has 1 aromatic rings. The Morgan fingerprint density at radius 1 is 1.43 bits per heavy atom. The molecule has 2 nitrogen and oxygen atoms in total. The van der Waals surface area contributed by atoms with Crippen LogP contribution in [0.1, 0.15) is 31.0 Å². The first kappa shape index (κ1) is 9.69. The van der Waals surface area contributed by atoms with Crippen molar-refractivity contribution in [3.05, 3.63) is 35.4 Å². The number of fused-ring (bicyclic) bond motifs is 1. The second-order valence-electron chi connectivity index (χ2n) is 3.99. The standard InChI is InChI=1S/C12H17NO/c1-9-12-6-4-3-5-11(12)7-8-13(9)10(2)14/h3-6,9-10,14H,7-8H2,1-2H3/t9-,10?/m1/s1. The lowest BCUT2D eigenvalue weighted by Gasteiger charge is -2.37. The predicted molar refractivity (Wildman–Crippen MR) is 56.9 cm³/mol. The normalized spacial score (nSPS) is 24.4. The fourth-order valence-electron chi connectivity index (χ4n) is 2.30. The fourth-order valence-corrected chi connectivity index (χ4v) is 2.30. The first-order valence-electron chi connectivity index (χ1n) is 5.22. The first-order chi connectivity index (χ1) is 6.70. The Morgan fingerprint density at radius 3 is 2.86 bits per heavy atom. The highest BCUT2D eigenvalue weighted by molar-refractivity contribution is 5.32. The molecule has 1 heterocycles. The quantitative estimate of drug-likeness (QED) is 0.733. The topological polar surface area (TPSA) is 23.5 Å². The van der Waals surface area contributed by atoms with Crippen LogP contribution in [0.25, 0.3) is 0 Å². The van der Waals surface area contributed by atoms with Gasteiger partial charge in [-0.25, -0.2) is 0 Å². The van der Waals surface area contributed by atoms with Gasteiger partial charge in [0.25, 0.3) is 0 Å². The number of aliphatic hydroxyl groups excluding tert-OH is 1. The molecule has 0 saturated carbocycles. The van der Waals surface area contributed by atoms with Crippen LogP contribution in [0.2, 0.25) is 0 Å². The lowest BCUT2D eigenvalue weighted by atomic mass is 9.93. The monoisotopic (exact) mass is 191 g/mol. The third kappa shape index (κ3) is 1.56. The summed E-state index contributed by atoms with van der Waals surface area (Å²) in [7, 11) is 0. The van der Waals surface area contributed by atoms with Crippen LogP contribution in [0.3, 0.4) is 0 Å². The van der Waals surface area contributed by atoms with Gasteiger partial charge in [0.1, 0.15) is 6.23 Å². The summed E-state index contributed by atoms with van der Waals surface area (Å²) in [5.41, 5.74) is 2.79. The summed E-state index contributed by atoms with van der Waals surface area (Å²) in [6.45, 7) is 4.95. The van der Waals surface area contributed by atoms with E-state index >= 15 is 0 Å². The molecule has 0 spiro atoms. The van der Waals surface area contributed by atoms with E-state index in [-0.39, 0.29) is 6.23 Å². The number of hydrogen-bond donors (Lipinski definition) is 1. The molecule has 1 aliphatic heterocycles. The Bertz CT molecular complexity index is 322. The molecule has 1 unspecified atom stereocenters. The molecule has 0 radical (unpaired) electrons. The number of aliphatic hydroxyl groups is 1. The summed E-state index contributed by atoms with van der Waals surface area (Å²) in [6.07, 6.45) is 0.698. The molecule has 0 aliphatic carbocycles. The molecule has 0 amide bonds. The molecule has 0 bridgehead atoms. The zero-order chi connectivity index (χ0) is 10.1. The summed E-state index contributed by atoms with van der Waals surface area (Å²) in [5, 5.41) is 9.60. The van der Waals surface area contributed by atoms with Crippen LogP contribution >= 0.6 is 0 Å². The van der Waals surface area contributed by atoms with Crippen molar-refractivity contribution >= 4 is 0 Å². The average molecular weight is 191 g/mol. The number of hydrogen-bond acceptors (Lipinski definition) is 2. The van der Waals surface area contributed by atoms with E-state index in [1.165, 1.54) is 11.1 Å². The van der Waals surface area contributed by atoms with Crippen LogP contribution in [-0.4, -0.2) is 22.8 Å². The van der Waals surface area contributed by atoms with Crippen LogP contribution in [-0.2, 0) is 6.42 Å². The Balaban J connectivity index is 2.31. The van der Waals surface area contributed by atoms with Gasteiger partial charge in [-0.1, -0.05) is 24.3 Å². The molecule has 0 fully saturated rings. The summed E-state index contributed by atoms with van der Waals surface area (Å²) in [5.74, 6) is 0. The van der Waals surface area contributed by atoms with Crippen LogP contribution in [0, 0.1) is 0 Å². The number of rotatable bonds is 1. The maximum atomic E-state index is 9.60. The first-order valence-corrected chi connectivity index (χ1v) is 5.22. The van der Waals surface area contributed by atoms with E-state index in [2.05, 4.69) is 36.1 Å². The van der Waals surface area contributed by atoms with E-state index in [0.29, 0.717) is 6.04 Å². The molecule has 1 aromatic carbocycles. The van der Waals surface area contributed by atoms with Crippen LogP contribution < -0.4 is 0 Å². The van der Waals surface area contributed by atoms with Gasteiger partial charge in [-0.3, -0.25) is 4.90 Å². The highest BCUT2D eigenvalue weighted by Gasteiger charge is 2.25. The highest BCUT2D eigenvalue weighted by Crippen LogP contribution is 2.29. The number of nitrogens with zero attached hydrogens (tertiary/aromatic N) is 1. The molecular weight excluding hydrogens is 174 g/mol. The van der Waals surface area contributed by atoms with Gasteiger partial charge < -0.3 is 5.11 Å². The summed E-state index contributed by atoms with van der Waals surface area (Å²) in [6, 6.07) is 8.84. The van der Waals surface area contributed by atoms with Crippen molar-refractivity contribution in [2.75, 3.05) is 6.54 Å². The molecule has 1 N–H and O–H groups in total. The molecule has 14 heavy (non-hydrogen) atoms. The fraction of sp³-hybridized carbons (Fsp3) is 0.500. The molecule has 0 saturated heterocycles. The lowest BCUT2D eigenvalue weighted by molar-refractivity contribution is -0.0121. The molecule has 76 valence electrons. The number of benzene rings is 1. The van der Waals surface area contributed by atoms with Gasteiger partial charge in [0.05, 0.1) is 0 Å². The molecular formula is C12H17NO.